The zero-order chi connectivity index (χ0) is 41.3. The maximum atomic E-state index is 13.0. The summed E-state index contributed by atoms with van der Waals surface area (Å²) in [6.45, 7) is 25.7. The first-order valence-corrected chi connectivity index (χ1v) is 19.7. The first-order chi connectivity index (χ1) is 25.4. The second-order valence-electron chi connectivity index (χ2n) is 12.2. The van der Waals surface area contributed by atoms with Gasteiger partial charge in [-0.1, -0.05) is 26.3 Å². The molecule has 0 aliphatic rings. The molecule has 0 N–H and O–H groups in total. The highest BCUT2D eigenvalue weighted by atomic mass is 28.4. The van der Waals surface area contributed by atoms with Gasteiger partial charge in [-0.15, -0.1) is 0 Å². The van der Waals surface area contributed by atoms with Crippen molar-refractivity contribution in [2.75, 3.05) is 65.9 Å². The average molecular weight is 786 g/mol. The summed E-state index contributed by atoms with van der Waals surface area (Å²) in [6.07, 6.45) is -2.02. The zero-order valence-corrected chi connectivity index (χ0v) is 34.0. The van der Waals surface area contributed by atoms with E-state index in [-0.39, 0.29) is 74.7 Å². The molecule has 0 unspecified atom stereocenters. The maximum Gasteiger partial charge on any atom is 0.500 e. The molecule has 0 bridgehead atoms. The topological polar surface area (TPSA) is 189 Å². The summed E-state index contributed by atoms with van der Waals surface area (Å²) in [5.74, 6) is -4.23. The molecule has 306 valence electrons. The molecule has 0 aromatic heterocycles. The van der Waals surface area contributed by atoms with Crippen LogP contribution in [0.1, 0.15) is 67.7 Å². The highest BCUT2D eigenvalue weighted by Crippen LogP contribution is 2.19. The van der Waals surface area contributed by atoms with E-state index in [1.165, 1.54) is 27.7 Å². The van der Waals surface area contributed by atoms with E-state index in [0.717, 1.165) is 0 Å². The number of hydrogen-bond donors (Lipinski definition) is 0. The molecule has 0 aromatic carbocycles. The zero-order valence-electron chi connectivity index (χ0n) is 33.0. The summed E-state index contributed by atoms with van der Waals surface area (Å²) in [6, 6.07) is 0.461. The van der Waals surface area contributed by atoms with Crippen molar-refractivity contribution in [3.8, 4) is 0 Å². The van der Waals surface area contributed by atoms with Gasteiger partial charge < -0.3 is 46.6 Å². The minimum atomic E-state index is -3.00. The van der Waals surface area contributed by atoms with Gasteiger partial charge in [0.25, 0.3) is 0 Å². The molecule has 0 radical (unpaired) electrons. The van der Waals surface area contributed by atoms with Crippen molar-refractivity contribution in [1.29, 1.82) is 0 Å². The van der Waals surface area contributed by atoms with Crippen LogP contribution >= 0.6 is 0 Å². The van der Waals surface area contributed by atoms with Gasteiger partial charge in [0, 0.05) is 61.2 Å². The molecule has 0 atom stereocenters. The van der Waals surface area contributed by atoms with Crippen molar-refractivity contribution >= 4 is 44.6 Å². The van der Waals surface area contributed by atoms with E-state index >= 15 is 0 Å². The molecule has 0 spiro atoms. The lowest BCUT2D eigenvalue weighted by molar-refractivity contribution is -0.165. The lowest BCUT2D eigenvalue weighted by Crippen LogP contribution is -2.46. The molecule has 0 aliphatic heterocycles. The smallest absolute Gasteiger partial charge is 0.458 e. The van der Waals surface area contributed by atoms with E-state index in [4.69, 9.17) is 41.7 Å². The summed E-state index contributed by atoms with van der Waals surface area (Å²) >= 11 is 0. The minimum Gasteiger partial charge on any atom is -0.458 e. The molecule has 0 saturated carbocycles. The van der Waals surface area contributed by atoms with Gasteiger partial charge in [-0.3, -0.25) is 9.59 Å². The van der Waals surface area contributed by atoms with Gasteiger partial charge in [-0.05, 0) is 61.4 Å². The molecule has 17 heteroatoms. The molecule has 16 nitrogen and oxygen atoms in total. The van der Waals surface area contributed by atoms with E-state index in [2.05, 4.69) is 26.3 Å². The number of hydrogen-bond acceptors (Lipinski definition) is 16. The molecule has 0 aromatic rings. The standard InChI is InChI=1S/C37H59NO15Si/c1-12-49-54(50-13-2,51-14-3)21-15-18-38(19-16-32(39)52-30(22-45-34(41)26(4)5)23-46-35(42)27(6)7)20-17-33(40)53-31(24-47-36(43)28(8)9)25-48-37(44)29(10)11/h30-31H,4,6,8,10,12-25H2,1-3,5,7,9,11H3. The summed E-state index contributed by atoms with van der Waals surface area (Å²) in [4.78, 5) is 75.8. The fraction of sp³-hybridized carbons (Fsp3) is 0.622. The monoisotopic (exact) mass is 785 g/mol. The third kappa shape index (κ3) is 22.1. The Labute approximate surface area is 320 Å². The van der Waals surface area contributed by atoms with Crippen molar-refractivity contribution in [3.63, 3.8) is 0 Å². The number of carbonyl (C=O) groups excluding carboxylic acids is 6. The predicted octanol–water partition coefficient (Wildman–Crippen LogP) is 3.81. The van der Waals surface area contributed by atoms with Crippen LogP contribution in [0.25, 0.3) is 0 Å². The van der Waals surface area contributed by atoms with Crippen LogP contribution in [0.4, 0.5) is 0 Å². The van der Waals surface area contributed by atoms with E-state index in [1.807, 2.05) is 25.7 Å². The Morgan fingerprint density at radius 1 is 0.519 bits per heavy atom. The third-order valence-corrected chi connectivity index (χ3v) is 10.1. The Hall–Kier alpha value is -4.16. The highest BCUT2D eigenvalue weighted by molar-refractivity contribution is 6.60. The Morgan fingerprint density at radius 2 is 0.815 bits per heavy atom. The molecule has 0 amide bonds. The normalized spacial score (nSPS) is 11.1. The van der Waals surface area contributed by atoms with E-state index in [9.17, 15) is 28.8 Å². The molecule has 0 aliphatic carbocycles. The minimum absolute atomic E-state index is 0.123. The quantitative estimate of drug-likeness (QED) is 0.0442. The van der Waals surface area contributed by atoms with Crippen molar-refractivity contribution in [3.05, 3.63) is 48.6 Å². The number of carbonyl (C=O) groups is 6. The van der Waals surface area contributed by atoms with Gasteiger partial charge in [0.15, 0.2) is 12.2 Å². The number of esters is 6. The Balaban J connectivity index is 5.88. The predicted molar refractivity (Wildman–Crippen MR) is 199 cm³/mol. The first kappa shape index (κ1) is 49.8. The van der Waals surface area contributed by atoms with Crippen LogP contribution in [0.5, 0.6) is 0 Å². The number of nitrogens with zero attached hydrogens (tertiary/aromatic N) is 1. The molecular formula is C37H59NO15Si. The SMILES string of the molecule is C=C(C)C(=O)OCC(COC(=O)C(=C)C)OC(=O)CCN(CCC[Si](OCC)(OCC)OCC)CCC(=O)OC(COC(=O)C(=C)C)COC(=O)C(=C)C. The van der Waals surface area contributed by atoms with Crippen LogP contribution in [0.3, 0.4) is 0 Å². The lowest BCUT2D eigenvalue weighted by Gasteiger charge is -2.29. The summed E-state index contributed by atoms with van der Waals surface area (Å²) < 4.78 is 49.4. The number of ether oxygens (including phenoxy) is 6. The van der Waals surface area contributed by atoms with Gasteiger partial charge in [0.1, 0.15) is 26.4 Å². The van der Waals surface area contributed by atoms with E-state index in [0.29, 0.717) is 38.8 Å². The first-order valence-electron chi connectivity index (χ1n) is 17.7. The lowest BCUT2D eigenvalue weighted by atomic mass is 10.3. The average Bonchev–Trinajstić information content (AvgIpc) is 3.10. The van der Waals surface area contributed by atoms with Crippen LogP contribution < -0.4 is 0 Å². The molecule has 54 heavy (non-hydrogen) atoms. The summed E-state index contributed by atoms with van der Waals surface area (Å²) in [5, 5.41) is 0. The third-order valence-electron chi connectivity index (χ3n) is 6.91. The van der Waals surface area contributed by atoms with Crippen LogP contribution in [0.2, 0.25) is 6.04 Å². The Kier molecular flexibility index (Phi) is 25.3. The van der Waals surface area contributed by atoms with E-state index < -0.39 is 56.8 Å². The maximum absolute atomic E-state index is 13.0. The van der Waals surface area contributed by atoms with Crippen molar-refractivity contribution in [1.82, 2.24) is 4.90 Å². The molecule has 0 heterocycles. The highest BCUT2D eigenvalue weighted by Gasteiger charge is 2.39. The Morgan fingerprint density at radius 3 is 1.07 bits per heavy atom. The molecule has 0 rings (SSSR count). The van der Waals surface area contributed by atoms with Crippen LogP contribution in [-0.4, -0.2) is 128 Å². The van der Waals surface area contributed by atoms with E-state index in [1.54, 1.807) is 0 Å². The fourth-order valence-electron chi connectivity index (χ4n) is 4.24. The van der Waals surface area contributed by atoms with Crippen LogP contribution in [-0.2, 0) is 70.5 Å². The van der Waals surface area contributed by atoms with Gasteiger partial charge in [0.2, 0.25) is 0 Å². The second-order valence-corrected chi connectivity index (χ2v) is 14.9. The number of rotatable bonds is 30. The molecule has 0 saturated heterocycles. The summed E-state index contributed by atoms with van der Waals surface area (Å²) in [5.41, 5.74) is 0.520. The van der Waals surface area contributed by atoms with Gasteiger partial charge >= 0.3 is 44.6 Å². The molecular weight excluding hydrogens is 726 g/mol. The largest absolute Gasteiger partial charge is 0.500 e. The van der Waals surface area contributed by atoms with Crippen molar-refractivity contribution in [2.24, 2.45) is 0 Å². The van der Waals surface area contributed by atoms with Crippen molar-refractivity contribution < 1.29 is 70.5 Å². The van der Waals surface area contributed by atoms with Crippen LogP contribution in [0, 0.1) is 0 Å². The summed E-state index contributed by atoms with van der Waals surface area (Å²) in [7, 11) is -3.00. The molecule has 0 fully saturated rings. The van der Waals surface area contributed by atoms with Gasteiger partial charge in [-0.2, -0.15) is 0 Å². The van der Waals surface area contributed by atoms with Gasteiger partial charge in [-0.25, -0.2) is 19.2 Å². The van der Waals surface area contributed by atoms with Crippen LogP contribution in [0.15, 0.2) is 48.6 Å². The second kappa shape index (κ2) is 27.4. The van der Waals surface area contributed by atoms with Gasteiger partial charge in [0.05, 0.1) is 12.8 Å². The fourth-order valence-corrected chi connectivity index (χ4v) is 6.84. The van der Waals surface area contributed by atoms with Crippen molar-refractivity contribution in [2.45, 2.75) is 86.0 Å². The Bertz CT molecular complexity index is 1150.